The van der Waals surface area contributed by atoms with E-state index in [1.165, 1.54) is 29.0 Å². The second-order valence-electron chi connectivity index (χ2n) is 8.29. The van der Waals surface area contributed by atoms with Gasteiger partial charge in [0.25, 0.3) is 5.91 Å². The van der Waals surface area contributed by atoms with Gasteiger partial charge in [0.15, 0.2) is 5.82 Å². The summed E-state index contributed by atoms with van der Waals surface area (Å²) in [5.74, 6) is -0.811. The summed E-state index contributed by atoms with van der Waals surface area (Å²) in [5.41, 5.74) is -0.241. The van der Waals surface area contributed by atoms with Crippen LogP contribution in [0.15, 0.2) is 35.1 Å². The highest BCUT2D eigenvalue weighted by atomic mass is 19.4. The molecule has 1 saturated heterocycles. The molecule has 5 rings (SSSR count). The fraction of sp³-hybridized carbons (Fsp3) is 0.409. The molecule has 7 nitrogen and oxygen atoms in total. The Bertz CT molecular complexity index is 1200. The van der Waals surface area contributed by atoms with Crippen LogP contribution in [0.3, 0.4) is 0 Å². The zero-order chi connectivity index (χ0) is 22.6. The molecule has 32 heavy (non-hydrogen) atoms. The number of benzene rings is 1. The van der Waals surface area contributed by atoms with Crippen LogP contribution in [-0.2, 0) is 18.0 Å². The molecule has 0 unspecified atom stereocenters. The molecule has 2 aliphatic rings. The van der Waals surface area contributed by atoms with Crippen LogP contribution in [0.2, 0.25) is 0 Å². The first-order valence-electron chi connectivity index (χ1n) is 10.4. The van der Waals surface area contributed by atoms with Gasteiger partial charge < -0.3 is 18.8 Å². The number of nitrogens with zero attached hydrogens (tertiary/aromatic N) is 4. The maximum absolute atomic E-state index is 13.8. The topological polar surface area (TPSA) is 71.6 Å². The lowest BCUT2D eigenvalue weighted by atomic mass is 9.91. The number of piperazine rings is 1. The molecule has 0 atom stereocenters. The third-order valence-electron chi connectivity index (χ3n) is 6.40. The highest BCUT2D eigenvalue weighted by Gasteiger charge is 2.38. The van der Waals surface area contributed by atoms with Crippen molar-refractivity contribution in [3.63, 3.8) is 0 Å². The fourth-order valence-corrected chi connectivity index (χ4v) is 4.38. The minimum Gasteiger partial charge on any atom is -0.472 e. The summed E-state index contributed by atoms with van der Waals surface area (Å²) in [4.78, 5) is 32.9. The molecule has 0 N–H and O–H groups in total. The number of rotatable bonds is 3. The van der Waals surface area contributed by atoms with Gasteiger partial charge in [-0.2, -0.15) is 13.2 Å². The van der Waals surface area contributed by atoms with Crippen LogP contribution in [0.4, 0.5) is 13.2 Å². The van der Waals surface area contributed by atoms with E-state index >= 15 is 0 Å². The van der Waals surface area contributed by atoms with E-state index in [0.717, 1.165) is 25.3 Å². The Morgan fingerprint density at radius 3 is 2.56 bits per heavy atom. The summed E-state index contributed by atoms with van der Waals surface area (Å²) in [5, 5.41) is 0. The van der Waals surface area contributed by atoms with E-state index in [4.69, 9.17) is 4.42 Å². The van der Waals surface area contributed by atoms with Crippen molar-refractivity contribution in [2.75, 3.05) is 19.6 Å². The van der Waals surface area contributed by atoms with Crippen molar-refractivity contribution in [3.8, 4) is 11.1 Å². The lowest BCUT2D eigenvalue weighted by Gasteiger charge is -2.42. The molecule has 0 spiro atoms. The molecule has 168 valence electrons. The Morgan fingerprint density at radius 2 is 1.97 bits per heavy atom. The van der Waals surface area contributed by atoms with Gasteiger partial charge >= 0.3 is 6.18 Å². The molecule has 2 fully saturated rings. The van der Waals surface area contributed by atoms with Crippen molar-refractivity contribution in [1.82, 2.24) is 19.4 Å². The summed E-state index contributed by atoms with van der Waals surface area (Å²) in [6, 6.07) is 4.37. The SMILES string of the molecule is Cn1c(C(=O)N2CCN(C3CCC3)C(=O)C2)nc2c(C(F)(F)F)cc(-c3ccoc3)cc21. The normalized spacial score (nSPS) is 17.8. The van der Waals surface area contributed by atoms with Crippen molar-refractivity contribution in [1.29, 1.82) is 0 Å². The molecular weight excluding hydrogens is 425 g/mol. The van der Waals surface area contributed by atoms with Gasteiger partial charge in [-0.3, -0.25) is 9.59 Å². The molecule has 0 bridgehead atoms. The average Bonchev–Trinajstić information content (AvgIpc) is 3.35. The molecule has 2 amide bonds. The number of fused-ring (bicyclic) bond motifs is 1. The summed E-state index contributed by atoms with van der Waals surface area (Å²) < 4.78 is 47.8. The van der Waals surface area contributed by atoms with Gasteiger partial charge in [-0.25, -0.2) is 4.98 Å². The van der Waals surface area contributed by atoms with Crippen molar-refractivity contribution in [2.24, 2.45) is 7.05 Å². The van der Waals surface area contributed by atoms with E-state index < -0.39 is 17.6 Å². The number of aromatic nitrogens is 2. The number of alkyl halides is 3. The van der Waals surface area contributed by atoms with Crippen LogP contribution >= 0.6 is 0 Å². The Morgan fingerprint density at radius 1 is 1.19 bits per heavy atom. The highest BCUT2D eigenvalue weighted by molar-refractivity contribution is 5.98. The Kier molecular flexibility index (Phi) is 4.75. The van der Waals surface area contributed by atoms with Gasteiger partial charge in [0.05, 0.1) is 23.6 Å². The molecule has 1 saturated carbocycles. The predicted molar refractivity (Wildman–Crippen MR) is 109 cm³/mol. The quantitative estimate of drug-likeness (QED) is 0.615. The highest BCUT2D eigenvalue weighted by Crippen LogP contribution is 2.38. The lowest BCUT2D eigenvalue weighted by molar-refractivity contribution is -0.139. The third kappa shape index (κ3) is 3.34. The van der Waals surface area contributed by atoms with Gasteiger partial charge in [-0.05, 0) is 43.0 Å². The van der Waals surface area contributed by atoms with Crippen molar-refractivity contribution in [3.05, 3.63) is 42.1 Å². The van der Waals surface area contributed by atoms with Crippen molar-refractivity contribution < 1.29 is 27.2 Å². The molecule has 0 radical (unpaired) electrons. The second kappa shape index (κ2) is 7.39. The van der Waals surface area contributed by atoms with Crippen LogP contribution in [0, 0.1) is 0 Å². The van der Waals surface area contributed by atoms with E-state index in [0.29, 0.717) is 24.2 Å². The number of hydrogen-bond acceptors (Lipinski definition) is 4. The second-order valence-corrected chi connectivity index (χ2v) is 8.29. The number of aryl methyl sites for hydroxylation is 1. The summed E-state index contributed by atoms with van der Waals surface area (Å²) in [6.07, 6.45) is 1.13. The molecule has 2 aromatic heterocycles. The van der Waals surface area contributed by atoms with E-state index in [-0.39, 0.29) is 35.4 Å². The van der Waals surface area contributed by atoms with Crippen LogP contribution in [0.5, 0.6) is 0 Å². The molecule has 3 heterocycles. The van der Waals surface area contributed by atoms with Crippen LogP contribution < -0.4 is 0 Å². The van der Waals surface area contributed by atoms with Gasteiger partial charge in [0.2, 0.25) is 5.91 Å². The zero-order valence-corrected chi connectivity index (χ0v) is 17.4. The molecule has 1 aliphatic heterocycles. The van der Waals surface area contributed by atoms with Crippen molar-refractivity contribution in [2.45, 2.75) is 31.5 Å². The number of hydrogen-bond donors (Lipinski definition) is 0. The summed E-state index contributed by atoms with van der Waals surface area (Å²) in [6.45, 7) is 0.666. The molecule has 10 heteroatoms. The number of carbonyl (C=O) groups excluding carboxylic acids is 2. The lowest BCUT2D eigenvalue weighted by Crippen LogP contribution is -2.57. The number of furan rings is 1. The average molecular weight is 446 g/mol. The van der Waals surface area contributed by atoms with E-state index in [2.05, 4.69) is 4.98 Å². The first kappa shape index (κ1) is 20.6. The van der Waals surface area contributed by atoms with Gasteiger partial charge in [-0.1, -0.05) is 0 Å². The largest absolute Gasteiger partial charge is 0.472 e. The summed E-state index contributed by atoms with van der Waals surface area (Å²) in [7, 11) is 1.51. The molecular formula is C22H21F3N4O3. The standard InChI is InChI=1S/C22H21F3N4O3/c1-27-17-10-14(13-5-8-32-12-13)9-16(22(23,24)25)19(17)26-20(27)21(31)28-6-7-29(18(30)11-28)15-3-2-4-15/h5,8-10,12,15H,2-4,6-7,11H2,1H3. The van der Waals surface area contributed by atoms with Crippen LogP contribution in [-0.4, -0.2) is 56.8 Å². The minimum atomic E-state index is -4.66. The van der Waals surface area contributed by atoms with Crippen LogP contribution in [0.25, 0.3) is 22.2 Å². The van der Waals surface area contributed by atoms with E-state index in [9.17, 15) is 22.8 Å². The van der Waals surface area contributed by atoms with E-state index in [1.807, 2.05) is 0 Å². The van der Waals surface area contributed by atoms with Gasteiger partial charge in [0, 0.05) is 31.7 Å². The first-order valence-corrected chi connectivity index (χ1v) is 10.4. The predicted octanol–water partition coefficient (Wildman–Crippen LogP) is 3.69. The smallest absolute Gasteiger partial charge is 0.418 e. The van der Waals surface area contributed by atoms with Gasteiger partial charge in [-0.15, -0.1) is 0 Å². The van der Waals surface area contributed by atoms with Crippen LogP contribution in [0.1, 0.15) is 35.4 Å². The number of carbonyl (C=O) groups is 2. The molecule has 3 aromatic rings. The third-order valence-corrected chi connectivity index (χ3v) is 6.40. The zero-order valence-electron chi connectivity index (χ0n) is 17.4. The first-order chi connectivity index (χ1) is 15.2. The van der Waals surface area contributed by atoms with Gasteiger partial charge in [0.1, 0.15) is 12.1 Å². The number of imidazole rings is 1. The summed E-state index contributed by atoms with van der Waals surface area (Å²) >= 11 is 0. The Hall–Kier alpha value is -3.30. The minimum absolute atomic E-state index is 0.0923. The monoisotopic (exact) mass is 446 g/mol. The number of halogens is 3. The maximum Gasteiger partial charge on any atom is 0.418 e. The Balaban J connectivity index is 1.51. The molecule has 1 aliphatic carbocycles. The van der Waals surface area contributed by atoms with E-state index in [1.54, 1.807) is 17.0 Å². The maximum atomic E-state index is 13.8. The molecule has 1 aromatic carbocycles. The Labute approximate surface area is 181 Å². The fourth-order valence-electron chi connectivity index (χ4n) is 4.38. The van der Waals surface area contributed by atoms with Crippen molar-refractivity contribution >= 4 is 22.8 Å². The number of amides is 2.